The van der Waals surface area contributed by atoms with Gasteiger partial charge in [-0.3, -0.25) is 0 Å². The van der Waals surface area contributed by atoms with E-state index in [0.717, 1.165) is 30.2 Å². The summed E-state index contributed by atoms with van der Waals surface area (Å²) in [5.74, 6) is 0.989. The summed E-state index contributed by atoms with van der Waals surface area (Å²) in [6.07, 6.45) is 2.01. The van der Waals surface area contributed by atoms with E-state index in [1.807, 2.05) is 39.8 Å². The zero-order valence-corrected chi connectivity index (χ0v) is 13.4. The summed E-state index contributed by atoms with van der Waals surface area (Å²) in [6.45, 7) is 10.1. The SMILES string of the molecule is Cc1ccc(CNC(=O)OC(C)(C)C)c(N2CCCC2)n1. The lowest BCUT2D eigenvalue weighted by molar-refractivity contribution is 0.0523. The van der Waals surface area contributed by atoms with Gasteiger partial charge in [-0.1, -0.05) is 6.07 Å². The van der Waals surface area contributed by atoms with Crippen LogP contribution in [0.3, 0.4) is 0 Å². The van der Waals surface area contributed by atoms with E-state index in [-0.39, 0.29) is 0 Å². The van der Waals surface area contributed by atoms with Crippen molar-refractivity contribution < 1.29 is 9.53 Å². The molecular formula is C16H25N3O2. The van der Waals surface area contributed by atoms with Crippen LogP contribution in [0.4, 0.5) is 10.6 Å². The molecule has 1 aliphatic heterocycles. The van der Waals surface area contributed by atoms with Gasteiger partial charge >= 0.3 is 6.09 Å². The molecule has 1 aromatic heterocycles. The summed E-state index contributed by atoms with van der Waals surface area (Å²) in [6, 6.07) is 4.01. The molecule has 21 heavy (non-hydrogen) atoms. The van der Waals surface area contributed by atoms with Crippen molar-refractivity contribution in [3.8, 4) is 0 Å². The highest BCUT2D eigenvalue weighted by atomic mass is 16.6. The van der Waals surface area contributed by atoms with Gasteiger partial charge in [-0.05, 0) is 46.6 Å². The van der Waals surface area contributed by atoms with Gasteiger partial charge in [0.2, 0.25) is 0 Å². The number of anilines is 1. The number of nitrogens with zero attached hydrogens (tertiary/aromatic N) is 2. The van der Waals surface area contributed by atoms with Crippen LogP contribution < -0.4 is 10.2 Å². The lowest BCUT2D eigenvalue weighted by Crippen LogP contribution is -2.32. The molecule has 5 nitrogen and oxygen atoms in total. The molecule has 0 unspecified atom stereocenters. The summed E-state index contributed by atoms with van der Waals surface area (Å²) in [5, 5.41) is 2.81. The minimum Gasteiger partial charge on any atom is -0.444 e. The fourth-order valence-electron chi connectivity index (χ4n) is 2.39. The predicted molar refractivity (Wildman–Crippen MR) is 83.5 cm³/mol. The zero-order chi connectivity index (χ0) is 15.5. The molecule has 116 valence electrons. The van der Waals surface area contributed by atoms with Crippen LogP contribution in [0.1, 0.15) is 44.9 Å². The average molecular weight is 291 g/mol. The summed E-state index contributed by atoms with van der Waals surface area (Å²) >= 11 is 0. The van der Waals surface area contributed by atoms with Crippen LogP contribution in [0, 0.1) is 6.92 Å². The molecule has 1 N–H and O–H groups in total. The molecule has 1 amide bonds. The third-order valence-corrected chi connectivity index (χ3v) is 3.32. The normalized spacial score (nSPS) is 15.1. The molecule has 0 bridgehead atoms. The molecular weight excluding hydrogens is 266 g/mol. The number of nitrogens with one attached hydrogen (secondary N) is 1. The number of hydrogen-bond acceptors (Lipinski definition) is 4. The standard InChI is InChI=1S/C16H25N3O2/c1-12-7-8-13(11-17-15(20)21-16(2,3)4)14(18-12)19-9-5-6-10-19/h7-8H,5-6,9-11H2,1-4H3,(H,17,20). The van der Waals surface area contributed by atoms with Gasteiger partial charge in [-0.25, -0.2) is 9.78 Å². The number of carbonyl (C=O) groups is 1. The van der Waals surface area contributed by atoms with E-state index in [1.54, 1.807) is 0 Å². The molecule has 0 radical (unpaired) electrons. The van der Waals surface area contributed by atoms with Crippen molar-refractivity contribution in [3.63, 3.8) is 0 Å². The number of ether oxygens (including phenoxy) is 1. The number of pyridine rings is 1. The largest absolute Gasteiger partial charge is 0.444 e. The van der Waals surface area contributed by atoms with Crippen molar-refractivity contribution in [2.45, 2.75) is 52.7 Å². The highest BCUT2D eigenvalue weighted by molar-refractivity contribution is 5.68. The Labute approximate surface area is 126 Å². The van der Waals surface area contributed by atoms with Gasteiger partial charge in [-0.15, -0.1) is 0 Å². The molecule has 0 saturated carbocycles. The Morgan fingerprint density at radius 1 is 1.33 bits per heavy atom. The van der Waals surface area contributed by atoms with Crippen LogP contribution >= 0.6 is 0 Å². The van der Waals surface area contributed by atoms with Crippen molar-refractivity contribution in [2.75, 3.05) is 18.0 Å². The number of aryl methyl sites for hydroxylation is 1. The zero-order valence-electron chi connectivity index (χ0n) is 13.4. The van der Waals surface area contributed by atoms with E-state index in [1.165, 1.54) is 12.8 Å². The minimum atomic E-state index is -0.479. The highest BCUT2D eigenvalue weighted by Gasteiger charge is 2.19. The van der Waals surface area contributed by atoms with Crippen molar-refractivity contribution in [2.24, 2.45) is 0 Å². The number of aromatic nitrogens is 1. The maximum atomic E-state index is 11.8. The van der Waals surface area contributed by atoms with E-state index >= 15 is 0 Å². The summed E-state index contributed by atoms with van der Waals surface area (Å²) < 4.78 is 5.26. The van der Waals surface area contributed by atoms with Gasteiger partial charge in [0.05, 0.1) is 0 Å². The van der Waals surface area contributed by atoms with E-state index in [0.29, 0.717) is 6.54 Å². The average Bonchev–Trinajstić information content (AvgIpc) is 2.88. The molecule has 1 aromatic rings. The van der Waals surface area contributed by atoms with Crippen molar-refractivity contribution in [1.29, 1.82) is 0 Å². The second-order valence-electron chi connectivity index (χ2n) is 6.48. The summed E-state index contributed by atoms with van der Waals surface area (Å²) in [7, 11) is 0. The Morgan fingerprint density at radius 3 is 2.62 bits per heavy atom. The van der Waals surface area contributed by atoms with Gasteiger partial charge in [-0.2, -0.15) is 0 Å². The van der Waals surface area contributed by atoms with Crippen LogP contribution in [0.2, 0.25) is 0 Å². The fraction of sp³-hybridized carbons (Fsp3) is 0.625. The third-order valence-electron chi connectivity index (χ3n) is 3.32. The van der Waals surface area contributed by atoms with Crippen molar-refractivity contribution in [3.05, 3.63) is 23.4 Å². The Kier molecular flexibility index (Phi) is 4.70. The summed E-state index contributed by atoms with van der Waals surface area (Å²) in [4.78, 5) is 18.7. The number of rotatable bonds is 3. The maximum absolute atomic E-state index is 11.8. The predicted octanol–water partition coefficient (Wildman–Crippen LogP) is 3.01. The number of amides is 1. The molecule has 1 saturated heterocycles. The van der Waals surface area contributed by atoms with Crippen LogP contribution in [0.5, 0.6) is 0 Å². The van der Waals surface area contributed by atoms with Crippen molar-refractivity contribution in [1.82, 2.24) is 10.3 Å². The highest BCUT2D eigenvalue weighted by Crippen LogP contribution is 2.23. The quantitative estimate of drug-likeness (QED) is 0.930. The molecule has 0 aromatic carbocycles. The smallest absolute Gasteiger partial charge is 0.407 e. The lowest BCUT2D eigenvalue weighted by atomic mass is 10.2. The Morgan fingerprint density at radius 2 is 2.00 bits per heavy atom. The van der Waals surface area contributed by atoms with Gasteiger partial charge < -0.3 is 15.0 Å². The van der Waals surface area contributed by atoms with Crippen molar-refractivity contribution >= 4 is 11.9 Å². The van der Waals surface area contributed by atoms with Crippen LogP contribution in [-0.2, 0) is 11.3 Å². The molecule has 2 heterocycles. The van der Waals surface area contributed by atoms with Gasteiger partial charge in [0, 0.05) is 30.9 Å². The fourth-order valence-corrected chi connectivity index (χ4v) is 2.39. The number of alkyl carbamates (subject to hydrolysis) is 1. The van der Waals surface area contributed by atoms with Gasteiger partial charge in [0.15, 0.2) is 0 Å². The number of hydrogen-bond donors (Lipinski definition) is 1. The molecule has 0 spiro atoms. The first-order valence-electron chi connectivity index (χ1n) is 7.53. The first-order chi connectivity index (χ1) is 9.85. The minimum absolute atomic E-state index is 0.393. The second kappa shape index (κ2) is 6.33. The molecule has 0 aliphatic carbocycles. The molecule has 0 atom stereocenters. The molecule has 1 fully saturated rings. The van der Waals surface area contributed by atoms with Gasteiger partial charge in [0.1, 0.15) is 11.4 Å². The monoisotopic (exact) mass is 291 g/mol. The van der Waals surface area contributed by atoms with E-state index in [4.69, 9.17) is 4.74 Å². The molecule has 2 rings (SSSR count). The number of carbonyl (C=O) groups excluding carboxylic acids is 1. The van der Waals surface area contributed by atoms with E-state index < -0.39 is 11.7 Å². The van der Waals surface area contributed by atoms with Crippen LogP contribution in [0.25, 0.3) is 0 Å². The molecule has 5 heteroatoms. The first kappa shape index (κ1) is 15.6. The second-order valence-corrected chi connectivity index (χ2v) is 6.48. The van der Waals surface area contributed by atoms with E-state index in [9.17, 15) is 4.79 Å². The van der Waals surface area contributed by atoms with E-state index in [2.05, 4.69) is 15.2 Å². The first-order valence-corrected chi connectivity index (χ1v) is 7.53. The summed E-state index contributed by atoms with van der Waals surface area (Å²) in [5.41, 5.74) is 1.55. The third kappa shape index (κ3) is 4.62. The lowest BCUT2D eigenvalue weighted by Gasteiger charge is -2.22. The van der Waals surface area contributed by atoms with Crippen LogP contribution in [0.15, 0.2) is 12.1 Å². The van der Waals surface area contributed by atoms with Crippen LogP contribution in [-0.4, -0.2) is 29.8 Å². The van der Waals surface area contributed by atoms with Gasteiger partial charge in [0.25, 0.3) is 0 Å². The Bertz CT molecular complexity index is 503. The maximum Gasteiger partial charge on any atom is 0.407 e. The topological polar surface area (TPSA) is 54.5 Å². The molecule has 1 aliphatic rings. The Hall–Kier alpha value is -1.78. The Balaban J connectivity index is 2.04.